The minimum Gasteiger partial charge on any atom is -0.493 e. The Labute approximate surface area is 177 Å². The van der Waals surface area contributed by atoms with E-state index in [9.17, 15) is 9.18 Å². The average Bonchev–Trinajstić information content (AvgIpc) is 3.17. The number of benzene rings is 2. The molecule has 1 amide bonds. The first-order valence-corrected chi connectivity index (χ1v) is 9.91. The largest absolute Gasteiger partial charge is 0.493 e. The van der Waals surface area contributed by atoms with E-state index in [-0.39, 0.29) is 11.4 Å². The van der Waals surface area contributed by atoms with Crippen molar-refractivity contribution >= 4 is 29.0 Å². The number of carbonyl (C=O) groups is 1. The molecule has 3 aromatic rings. The van der Waals surface area contributed by atoms with E-state index in [1.165, 1.54) is 26.4 Å². The lowest BCUT2D eigenvalue weighted by atomic mass is 10.2. The second kappa shape index (κ2) is 9.89. The Morgan fingerprint density at radius 2 is 1.97 bits per heavy atom. The average molecular weight is 428 g/mol. The Bertz CT molecular complexity index is 1070. The van der Waals surface area contributed by atoms with Crippen molar-refractivity contribution in [1.29, 1.82) is 0 Å². The van der Waals surface area contributed by atoms with Gasteiger partial charge >= 0.3 is 0 Å². The highest BCUT2D eigenvalue weighted by atomic mass is 32.1. The number of thiazole rings is 1. The number of anilines is 1. The van der Waals surface area contributed by atoms with Crippen LogP contribution in [0.3, 0.4) is 0 Å². The van der Waals surface area contributed by atoms with Crippen LogP contribution in [0.2, 0.25) is 0 Å². The molecule has 0 aliphatic rings. The number of carbonyl (C=O) groups excluding carboxylic acids is 1. The van der Waals surface area contributed by atoms with Crippen LogP contribution in [0.1, 0.15) is 16.3 Å². The van der Waals surface area contributed by atoms with Gasteiger partial charge in [0.15, 0.2) is 17.3 Å². The number of nitrogens with one attached hydrogen (secondary N) is 1. The Balaban J connectivity index is 1.63. The van der Waals surface area contributed by atoms with Crippen molar-refractivity contribution in [1.82, 2.24) is 4.98 Å². The van der Waals surface area contributed by atoms with Gasteiger partial charge in [0.2, 0.25) is 5.91 Å². The van der Waals surface area contributed by atoms with Gasteiger partial charge in [0.1, 0.15) is 12.4 Å². The van der Waals surface area contributed by atoms with Gasteiger partial charge in [-0.25, -0.2) is 9.37 Å². The fourth-order valence-electron chi connectivity index (χ4n) is 2.64. The number of rotatable bonds is 8. The molecule has 3 rings (SSSR count). The first-order valence-electron chi connectivity index (χ1n) is 9.03. The number of aryl methyl sites for hydroxylation is 1. The fourth-order valence-corrected chi connectivity index (χ4v) is 3.23. The summed E-state index contributed by atoms with van der Waals surface area (Å²) in [6, 6.07) is 9.82. The van der Waals surface area contributed by atoms with Crippen molar-refractivity contribution in [3.63, 3.8) is 0 Å². The lowest BCUT2D eigenvalue weighted by molar-refractivity contribution is -0.111. The van der Waals surface area contributed by atoms with Gasteiger partial charge in [-0.15, -0.1) is 11.3 Å². The highest BCUT2D eigenvalue weighted by Gasteiger charge is 2.12. The lowest BCUT2D eigenvalue weighted by Crippen LogP contribution is -2.09. The van der Waals surface area contributed by atoms with Gasteiger partial charge in [0.25, 0.3) is 0 Å². The van der Waals surface area contributed by atoms with E-state index >= 15 is 0 Å². The molecule has 0 saturated carbocycles. The standard InChI is InChI=1S/C22H21FN2O4S/c1-14-24-16(13-30-14)12-29-17-6-4-5-15(9-17)7-8-22(26)25-19-11-21(28-3)20(27-2)10-18(19)23/h4-11,13H,12H2,1-3H3,(H,25,26). The van der Waals surface area contributed by atoms with Crippen molar-refractivity contribution in [2.45, 2.75) is 13.5 Å². The Hall–Kier alpha value is -3.39. The van der Waals surface area contributed by atoms with E-state index < -0.39 is 11.7 Å². The molecule has 1 aromatic heterocycles. The third kappa shape index (κ3) is 5.57. The summed E-state index contributed by atoms with van der Waals surface area (Å²) in [7, 11) is 2.85. The summed E-state index contributed by atoms with van der Waals surface area (Å²) in [5, 5.41) is 5.44. The van der Waals surface area contributed by atoms with E-state index in [0.717, 1.165) is 22.3 Å². The molecule has 0 aliphatic carbocycles. The summed E-state index contributed by atoms with van der Waals surface area (Å²) in [4.78, 5) is 16.6. The van der Waals surface area contributed by atoms with Crippen LogP contribution >= 0.6 is 11.3 Å². The van der Waals surface area contributed by atoms with Gasteiger partial charge in [-0.2, -0.15) is 0 Å². The molecular formula is C22H21FN2O4S. The predicted molar refractivity (Wildman–Crippen MR) is 115 cm³/mol. The molecule has 8 heteroatoms. The summed E-state index contributed by atoms with van der Waals surface area (Å²) >= 11 is 1.57. The Morgan fingerprint density at radius 3 is 2.67 bits per heavy atom. The van der Waals surface area contributed by atoms with Gasteiger partial charge < -0.3 is 19.5 Å². The normalized spacial score (nSPS) is 10.8. The van der Waals surface area contributed by atoms with Crippen LogP contribution in [0.5, 0.6) is 17.2 Å². The van der Waals surface area contributed by atoms with Crippen LogP contribution in [0.4, 0.5) is 10.1 Å². The number of nitrogens with zero attached hydrogens (tertiary/aromatic N) is 1. The molecule has 0 aliphatic heterocycles. The highest BCUT2D eigenvalue weighted by molar-refractivity contribution is 7.09. The maximum absolute atomic E-state index is 14.2. The molecule has 0 unspecified atom stereocenters. The summed E-state index contributed by atoms with van der Waals surface area (Å²) in [6.45, 7) is 2.31. The molecule has 2 aromatic carbocycles. The van der Waals surface area contributed by atoms with Gasteiger partial charge in [-0.1, -0.05) is 12.1 Å². The third-order valence-electron chi connectivity index (χ3n) is 4.07. The molecule has 1 N–H and O–H groups in total. The number of amides is 1. The molecule has 30 heavy (non-hydrogen) atoms. The first-order chi connectivity index (χ1) is 14.5. The molecular weight excluding hydrogens is 407 g/mol. The number of methoxy groups -OCH3 is 2. The van der Waals surface area contributed by atoms with Crippen LogP contribution in [0, 0.1) is 12.7 Å². The summed E-state index contributed by atoms with van der Waals surface area (Å²) in [5.74, 6) is 0.119. The second-order valence-electron chi connectivity index (χ2n) is 6.23. The molecule has 0 spiro atoms. The molecule has 156 valence electrons. The van der Waals surface area contributed by atoms with E-state index in [1.54, 1.807) is 23.5 Å². The third-order valence-corrected chi connectivity index (χ3v) is 4.89. The second-order valence-corrected chi connectivity index (χ2v) is 7.29. The van der Waals surface area contributed by atoms with Crippen LogP contribution in [-0.2, 0) is 11.4 Å². The van der Waals surface area contributed by atoms with Crippen molar-refractivity contribution in [3.05, 3.63) is 69.9 Å². The smallest absolute Gasteiger partial charge is 0.248 e. The van der Waals surface area contributed by atoms with Crippen molar-refractivity contribution in [2.24, 2.45) is 0 Å². The van der Waals surface area contributed by atoms with E-state index in [2.05, 4.69) is 10.3 Å². The lowest BCUT2D eigenvalue weighted by Gasteiger charge is -2.11. The maximum atomic E-state index is 14.2. The number of aromatic nitrogens is 1. The SMILES string of the molecule is COc1cc(F)c(NC(=O)C=Cc2cccc(OCc3csc(C)n3)c2)cc1OC. The maximum Gasteiger partial charge on any atom is 0.248 e. The van der Waals surface area contributed by atoms with Crippen molar-refractivity contribution in [3.8, 4) is 17.2 Å². The quantitative estimate of drug-likeness (QED) is 0.520. The van der Waals surface area contributed by atoms with Crippen molar-refractivity contribution in [2.75, 3.05) is 19.5 Å². The molecule has 1 heterocycles. The zero-order valence-corrected chi connectivity index (χ0v) is 17.6. The van der Waals surface area contributed by atoms with Gasteiger partial charge in [0.05, 0.1) is 30.6 Å². The van der Waals surface area contributed by atoms with Crippen LogP contribution in [0.15, 0.2) is 47.9 Å². The fraction of sp³-hybridized carbons (Fsp3) is 0.182. The summed E-state index contributed by atoms with van der Waals surface area (Å²) < 4.78 is 30.1. The van der Waals surface area contributed by atoms with Crippen molar-refractivity contribution < 1.29 is 23.4 Å². The first kappa shape index (κ1) is 21.3. The molecule has 6 nitrogen and oxygen atoms in total. The van der Waals surface area contributed by atoms with Gasteiger partial charge in [-0.3, -0.25) is 4.79 Å². The highest BCUT2D eigenvalue weighted by Crippen LogP contribution is 2.32. The van der Waals surface area contributed by atoms with Gasteiger partial charge in [0, 0.05) is 23.6 Å². The minimum atomic E-state index is -0.623. The van der Waals surface area contributed by atoms with E-state index in [0.29, 0.717) is 18.1 Å². The van der Waals surface area contributed by atoms with Crippen LogP contribution in [-0.4, -0.2) is 25.1 Å². The minimum absolute atomic E-state index is 0.00191. The number of ether oxygens (including phenoxy) is 3. The number of hydrogen-bond donors (Lipinski definition) is 1. The molecule has 0 bridgehead atoms. The summed E-state index contributed by atoms with van der Waals surface area (Å²) in [5.41, 5.74) is 1.64. The van der Waals surface area contributed by atoms with Gasteiger partial charge in [-0.05, 0) is 30.7 Å². The number of hydrogen-bond acceptors (Lipinski definition) is 6. The molecule has 0 radical (unpaired) electrons. The zero-order chi connectivity index (χ0) is 21.5. The number of halogens is 1. The topological polar surface area (TPSA) is 69.7 Å². The van der Waals surface area contributed by atoms with E-state index in [4.69, 9.17) is 14.2 Å². The molecule has 0 atom stereocenters. The zero-order valence-electron chi connectivity index (χ0n) is 16.8. The Kier molecular flexibility index (Phi) is 7.03. The molecule has 0 fully saturated rings. The molecule has 0 saturated heterocycles. The van der Waals surface area contributed by atoms with Crippen LogP contribution < -0.4 is 19.5 Å². The monoisotopic (exact) mass is 428 g/mol. The summed E-state index contributed by atoms with van der Waals surface area (Å²) in [6.07, 6.45) is 2.94. The van der Waals surface area contributed by atoms with Crippen LogP contribution in [0.25, 0.3) is 6.08 Å². The predicted octanol–water partition coefficient (Wildman–Crippen LogP) is 4.84. The van der Waals surface area contributed by atoms with E-state index in [1.807, 2.05) is 30.5 Å². The Morgan fingerprint density at radius 1 is 1.20 bits per heavy atom.